The van der Waals surface area contributed by atoms with Crippen LogP contribution in [-0.4, -0.2) is 73.0 Å². The van der Waals surface area contributed by atoms with E-state index in [0.717, 1.165) is 30.5 Å². The van der Waals surface area contributed by atoms with Crippen molar-refractivity contribution >= 4 is 11.8 Å². The molecule has 0 spiro atoms. The predicted octanol–water partition coefficient (Wildman–Crippen LogP) is -0.108. The van der Waals surface area contributed by atoms with Crippen molar-refractivity contribution in [2.75, 3.05) is 40.5 Å². The van der Waals surface area contributed by atoms with Gasteiger partial charge in [0.15, 0.2) is 5.69 Å². The van der Waals surface area contributed by atoms with Crippen LogP contribution in [0.2, 0.25) is 0 Å². The first-order valence-electron chi connectivity index (χ1n) is 8.27. The van der Waals surface area contributed by atoms with Crippen LogP contribution in [0.5, 0.6) is 0 Å². The van der Waals surface area contributed by atoms with Gasteiger partial charge in [-0.05, 0) is 19.3 Å². The maximum atomic E-state index is 12.9. The molecule has 2 heterocycles. The molecule has 2 aliphatic rings. The number of ether oxygens (including phenoxy) is 2. The number of carbonyl (C=O) groups excluding carboxylic acids is 2. The van der Waals surface area contributed by atoms with Gasteiger partial charge in [-0.15, -0.1) is 0 Å². The van der Waals surface area contributed by atoms with Crippen molar-refractivity contribution in [2.45, 2.75) is 31.3 Å². The molecular formula is C16H24N4O4. The fourth-order valence-electron chi connectivity index (χ4n) is 3.55. The van der Waals surface area contributed by atoms with Crippen molar-refractivity contribution in [1.82, 2.24) is 20.4 Å². The van der Waals surface area contributed by atoms with Crippen LogP contribution in [0.3, 0.4) is 0 Å². The van der Waals surface area contributed by atoms with Gasteiger partial charge in [0.05, 0.1) is 26.2 Å². The largest absolute Gasteiger partial charge is 0.382 e. The zero-order valence-corrected chi connectivity index (χ0v) is 14.2. The molecule has 2 amide bonds. The summed E-state index contributed by atoms with van der Waals surface area (Å²) >= 11 is 0. The lowest BCUT2D eigenvalue weighted by Crippen LogP contribution is -2.57. The number of fused-ring (bicyclic) bond motifs is 1. The van der Waals surface area contributed by atoms with Crippen molar-refractivity contribution < 1.29 is 19.1 Å². The third kappa shape index (κ3) is 3.16. The summed E-state index contributed by atoms with van der Waals surface area (Å²) in [4.78, 5) is 26.5. The van der Waals surface area contributed by atoms with Crippen molar-refractivity contribution in [2.24, 2.45) is 0 Å². The van der Waals surface area contributed by atoms with E-state index in [-0.39, 0.29) is 24.8 Å². The van der Waals surface area contributed by atoms with E-state index in [1.54, 1.807) is 19.1 Å². The predicted molar refractivity (Wildman–Crippen MR) is 85.8 cm³/mol. The van der Waals surface area contributed by atoms with Gasteiger partial charge in [-0.3, -0.25) is 14.7 Å². The number of hydrogen-bond donors (Lipinski definition) is 2. The molecule has 0 aromatic carbocycles. The second-order valence-corrected chi connectivity index (χ2v) is 6.42. The number of carbonyl (C=O) groups is 2. The molecule has 0 saturated carbocycles. The minimum Gasteiger partial charge on any atom is -0.382 e. The number of aromatic nitrogens is 2. The third-order valence-corrected chi connectivity index (χ3v) is 4.71. The molecule has 1 aromatic rings. The van der Waals surface area contributed by atoms with Gasteiger partial charge in [0.1, 0.15) is 5.60 Å². The normalized spacial score (nSPS) is 23.2. The molecule has 1 aliphatic carbocycles. The lowest BCUT2D eigenvalue weighted by atomic mass is 9.97. The SMILES string of the molecule is CNC(=O)C[C@]1(COC)CN(C(=O)c2n[nH]c3c2CCC3)CCO1. The molecule has 3 rings (SSSR count). The highest BCUT2D eigenvalue weighted by atomic mass is 16.5. The number of H-pyrrole nitrogens is 1. The molecule has 2 N–H and O–H groups in total. The van der Waals surface area contributed by atoms with Gasteiger partial charge in [0.25, 0.3) is 5.91 Å². The van der Waals surface area contributed by atoms with Gasteiger partial charge >= 0.3 is 0 Å². The number of nitrogens with one attached hydrogen (secondary N) is 2. The topological polar surface area (TPSA) is 96.5 Å². The van der Waals surface area contributed by atoms with Gasteiger partial charge in [0.2, 0.25) is 5.91 Å². The van der Waals surface area contributed by atoms with E-state index in [1.165, 1.54) is 0 Å². The van der Waals surface area contributed by atoms with E-state index < -0.39 is 5.60 Å². The molecule has 8 nitrogen and oxygen atoms in total. The van der Waals surface area contributed by atoms with Crippen molar-refractivity contribution in [1.29, 1.82) is 0 Å². The Hall–Kier alpha value is -1.93. The molecule has 1 saturated heterocycles. The molecule has 132 valence electrons. The highest BCUT2D eigenvalue weighted by Gasteiger charge is 2.41. The lowest BCUT2D eigenvalue weighted by molar-refractivity contribution is -0.150. The Morgan fingerprint density at radius 3 is 3.04 bits per heavy atom. The second kappa shape index (κ2) is 6.90. The fraction of sp³-hybridized carbons (Fsp3) is 0.688. The number of methoxy groups -OCH3 is 1. The molecule has 1 aromatic heterocycles. The Morgan fingerprint density at radius 2 is 2.29 bits per heavy atom. The van der Waals surface area contributed by atoms with E-state index >= 15 is 0 Å². The zero-order valence-electron chi connectivity index (χ0n) is 14.2. The molecule has 24 heavy (non-hydrogen) atoms. The van der Waals surface area contributed by atoms with E-state index in [0.29, 0.717) is 25.4 Å². The first kappa shape index (κ1) is 16.9. The van der Waals surface area contributed by atoms with Crippen LogP contribution in [0, 0.1) is 0 Å². The van der Waals surface area contributed by atoms with Gasteiger partial charge in [-0.1, -0.05) is 0 Å². The van der Waals surface area contributed by atoms with Crippen LogP contribution >= 0.6 is 0 Å². The number of hydrogen-bond acceptors (Lipinski definition) is 5. The number of amides is 2. The third-order valence-electron chi connectivity index (χ3n) is 4.71. The summed E-state index contributed by atoms with van der Waals surface area (Å²) in [5, 5.41) is 9.80. The summed E-state index contributed by atoms with van der Waals surface area (Å²) in [5.74, 6) is -0.239. The van der Waals surface area contributed by atoms with E-state index in [9.17, 15) is 9.59 Å². The van der Waals surface area contributed by atoms with Crippen LogP contribution in [-0.2, 0) is 27.1 Å². The molecule has 1 atom stereocenters. The zero-order chi connectivity index (χ0) is 17.2. The molecule has 1 aliphatic heterocycles. The number of nitrogens with zero attached hydrogens (tertiary/aromatic N) is 2. The number of aryl methyl sites for hydroxylation is 1. The van der Waals surface area contributed by atoms with Crippen molar-refractivity contribution in [3.05, 3.63) is 17.0 Å². The summed E-state index contributed by atoms with van der Waals surface area (Å²) in [6, 6.07) is 0. The van der Waals surface area contributed by atoms with Crippen LogP contribution in [0.25, 0.3) is 0 Å². The molecule has 8 heteroatoms. The lowest BCUT2D eigenvalue weighted by Gasteiger charge is -2.41. The minimum atomic E-state index is -0.817. The molecular weight excluding hydrogens is 312 g/mol. The molecule has 1 fully saturated rings. The van der Waals surface area contributed by atoms with Gasteiger partial charge in [0, 0.05) is 32.0 Å². The average Bonchev–Trinajstić information content (AvgIpc) is 3.17. The highest BCUT2D eigenvalue weighted by molar-refractivity contribution is 5.94. The Kier molecular flexibility index (Phi) is 4.86. The van der Waals surface area contributed by atoms with E-state index in [2.05, 4.69) is 15.5 Å². The monoisotopic (exact) mass is 336 g/mol. The Bertz CT molecular complexity index is 626. The smallest absolute Gasteiger partial charge is 0.274 e. The summed E-state index contributed by atoms with van der Waals surface area (Å²) in [6.45, 7) is 1.43. The first-order chi connectivity index (χ1) is 11.6. The Morgan fingerprint density at radius 1 is 1.46 bits per heavy atom. The number of morpholine rings is 1. The van der Waals surface area contributed by atoms with E-state index in [4.69, 9.17) is 9.47 Å². The summed E-state index contributed by atoms with van der Waals surface area (Å²) in [6.07, 6.45) is 3.04. The standard InChI is InChI=1S/C16H24N4O4/c1-17-13(21)8-16(10-23-2)9-20(6-7-24-16)15(22)14-11-4-3-5-12(11)18-19-14/h3-10H2,1-2H3,(H,17,21)(H,18,19)/t16-/m1/s1. The van der Waals surface area contributed by atoms with Crippen molar-refractivity contribution in [3.8, 4) is 0 Å². The molecule has 0 bridgehead atoms. The van der Waals surface area contributed by atoms with E-state index in [1.807, 2.05) is 0 Å². The van der Waals surface area contributed by atoms with Gasteiger partial charge in [-0.2, -0.15) is 5.10 Å². The van der Waals surface area contributed by atoms with Crippen molar-refractivity contribution in [3.63, 3.8) is 0 Å². The summed E-state index contributed by atoms with van der Waals surface area (Å²) in [7, 11) is 3.15. The van der Waals surface area contributed by atoms with Crippen LogP contribution in [0.4, 0.5) is 0 Å². The van der Waals surface area contributed by atoms with Crippen LogP contribution in [0.15, 0.2) is 0 Å². The summed E-state index contributed by atoms with van der Waals surface area (Å²) < 4.78 is 11.1. The van der Waals surface area contributed by atoms with Gasteiger partial charge < -0.3 is 19.7 Å². The Labute approximate surface area is 140 Å². The molecule has 0 unspecified atom stereocenters. The highest BCUT2D eigenvalue weighted by Crippen LogP contribution is 2.27. The van der Waals surface area contributed by atoms with Crippen LogP contribution in [0.1, 0.15) is 34.6 Å². The Balaban J connectivity index is 1.78. The minimum absolute atomic E-state index is 0.102. The maximum absolute atomic E-state index is 12.9. The van der Waals surface area contributed by atoms with Gasteiger partial charge in [-0.25, -0.2) is 0 Å². The molecule has 0 radical (unpaired) electrons. The summed E-state index contributed by atoms with van der Waals surface area (Å²) in [5.41, 5.74) is 1.80. The second-order valence-electron chi connectivity index (χ2n) is 6.42. The number of rotatable bonds is 5. The first-order valence-corrected chi connectivity index (χ1v) is 8.27. The average molecular weight is 336 g/mol. The maximum Gasteiger partial charge on any atom is 0.274 e. The fourth-order valence-corrected chi connectivity index (χ4v) is 3.55. The quantitative estimate of drug-likeness (QED) is 0.782. The number of aromatic amines is 1. The van der Waals surface area contributed by atoms with Crippen LogP contribution < -0.4 is 5.32 Å².